The predicted molar refractivity (Wildman–Crippen MR) is 133 cm³/mol. The van der Waals surface area contributed by atoms with Crippen molar-refractivity contribution >= 4 is 28.7 Å². The highest BCUT2D eigenvalue weighted by atomic mass is 19.1. The number of likely N-dealkylation sites (tertiary alicyclic amines) is 1. The first-order chi connectivity index (χ1) is 17.6. The number of hydrogen-bond acceptors (Lipinski definition) is 7. The largest absolute Gasteiger partial charge is 0.511 e. The molecular weight excluding hydrogens is 481 g/mol. The zero-order valence-electron chi connectivity index (χ0n) is 20.8. The van der Waals surface area contributed by atoms with Crippen LogP contribution in [0.15, 0.2) is 17.1 Å². The molecular formula is C26H30FN5O5. The zero-order valence-corrected chi connectivity index (χ0v) is 20.8. The van der Waals surface area contributed by atoms with Crippen LogP contribution in [0.5, 0.6) is 5.75 Å². The highest BCUT2D eigenvalue weighted by molar-refractivity contribution is 5.92. The van der Waals surface area contributed by atoms with E-state index < -0.39 is 29.2 Å². The van der Waals surface area contributed by atoms with Gasteiger partial charge < -0.3 is 29.9 Å². The van der Waals surface area contributed by atoms with E-state index in [2.05, 4.69) is 10.8 Å². The number of hydrogen-bond donors (Lipinski definition) is 2. The van der Waals surface area contributed by atoms with E-state index in [4.69, 9.17) is 10.8 Å². The van der Waals surface area contributed by atoms with Crippen LogP contribution in [0.4, 0.5) is 14.9 Å². The number of nitriles is 1. The van der Waals surface area contributed by atoms with Crippen molar-refractivity contribution in [2.45, 2.75) is 57.7 Å². The number of piperidine rings is 1. The van der Waals surface area contributed by atoms with Crippen molar-refractivity contribution in [3.05, 3.63) is 33.9 Å². The van der Waals surface area contributed by atoms with E-state index in [0.29, 0.717) is 19.6 Å². The average molecular weight is 512 g/mol. The third-order valence-electron chi connectivity index (χ3n) is 7.84. The fraction of sp³-hybridized carbons (Fsp3) is 0.538. The number of ether oxygens (including phenoxy) is 1. The van der Waals surface area contributed by atoms with Gasteiger partial charge in [-0.3, -0.25) is 9.59 Å². The minimum atomic E-state index is -1.65. The molecule has 3 fully saturated rings. The summed E-state index contributed by atoms with van der Waals surface area (Å²) >= 11 is 0. The van der Waals surface area contributed by atoms with Gasteiger partial charge in [-0.25, -0.2) is 9.18 Å². The fourth-order valence-corrected chi connectivity index (χ4v) is 5.79. The molecule has 1 amide bonds. The second kappa shape index (κ2) is 9.34. The Kier molecular flexibility index (Phi) is 6.31. The molecule has 3 N–H and O–H groups in total. The van der Waals surface area contributed by atoms with Crippen LogP contribution in [0.3, 0.4) is 0 Å². The number of fused-ring (bicyclic) bond motifs is 2. The molecule has 37 heavy (non-hydrogen) atoms. The van der Waals surface area contributed by atoms with E-state index in [0.717, 1.165) is 31.7 Å². The first-order valence-corrected chi connectivity index (χ1v) is 12.7. The van der Waals surface area contributed by atoms with Crippen LogP contribution in [0, 0.1) is 29.0 Å². The fourth-order valence-electron chi connectivity index (χ4n) is 5.79. The molecule has 11 heteroatoms. The summed E-state index contributed by atoms with van der Waals surface area (Å²) in [4.78, 5) is 40.9. The van der Waals surface area contributed by atoms with Crippen LogP contribution < -0.4 is 20.8 Å². The van der Waals surface area contributed by atoms with Gasteiger partial charge in [0.05, 0.1) is 34.9 Å². The summed E-state index contributed by atoms with van der Waals surface area (Å²) in [6.07, 6.45) is 2.92. The van der Waals surface area contributed by atoms with Crippen molar-refractivity contribution in [3.8, 4) is 11.8 Å². The van der Waals surface area contributed by atoms with Gasteiger partial charge in [-0.2, -0.15) is 5.26 Å². The molecule has 3 aliphatic rings. The van der Waals surface area contributed by atoms with Crippen molar-refractivity contribution in [1.82, 2.24) is 9.47 Å². The number of pyridine rings is 1. The first-order valence-electron chi connectivity index (χ1n) is 12.7. The average Bonchev–Trinajstić information content (AvgIpc) is 3.61. The molecule has 1 aliphatic carbocycles. The number of nitrogens with two attached hydrogens (primary N) is 1. The Labute approximate surface area is 213 Å². The molecule has 0 radical (unpaired) electrons. The van der Waals surface area contributed by atoms with Crippen LogP contribution in [0.2, 0.25) is 0 Å². The summed E-state index contributed by atoms with van der Waals surface area (Å²) in [7, 11) is 0. The molecule has 10 nitrogen and oxygen atoms in total. The highest BCUT2D eigenvalue weighted by Gasteiger charge is 2.44. The highest BCUT2D eigenvalue weighted by Crippen LogP contribution is 2.42. The molecule has 2 aliphatic heterocycles. The van der Waals surface area contributed by atoms with Crippen LogP contribution in [-0.4, -0.2) is 58.4 Å². The number of carboxylic acid groups (broad SMARTS) is 1. The summed E-state index contributed by atoms with van der Waals surface area (Å²) in [5.74, 6) is -1.19. The van der Waals surface area contributed by atoms with Gasteiger partial charge in [-0.15, -0.1) is 0 Å². The van der Waals surface area contributed by atoms with E-state index in [-0.39, 0.29) is 52.0 Å². The van der Waals surface area contributed by atoms with Crippen molar-refractivity contribution in [3.63, 3.8) is 0 Å². The number of nitrogens with zero attached hydrogens (tertiary/aromatic N) is 4. The van der Waals surface area contributed by atoms with Crippen molar-refractivity contribution in [1.29, 1.82) is 5.26 Å². The predicted octanol–water partition coefficient (Wildman–Crippen LogP) is 2.81. The maximum atomic E-state index is 15.7. The number of carbonyl (C=O) groups is 2. The van der Waals surface area contributed by atoms with Crippen LogP contribution in [0.25, 0.3) is 10.9 Å². The normalized spacial score (nSPS) is 22.2. The second-order valence-corrected chi connectivity index (χ2v) is 10.6. The molecule has 196 valence electrons. The quantitative estimate of drug-likeness (QED) is 0.584. The lowest BCUT2D eigenvalue weighted by Crippen LogP contribution is -2.55. The minimum Gasteiger partial charge on any atom is -0.449 e. The van der Waals surface area contributed by atoms with E-state index in [1.807, 2.05) is 18.7 Å². The molecule has 3 heterocycles. The van der Waals surface area contributed by atoms with Gasteiger partial charge in [0.1, 0.15) is 17.4 Å². The van der Waals surface area contributed by atoms with Gasteiger partial charge >= 0.3 is 6.16 Å². The number of aromatic nitrogens is 1. The number of benzene rings is 1. The lowest BCUT2D eigenvalue weighted by Gasteiger charge is -2.38. The van der Waals surface area contributed by atoms with Crippen molar-refractivity contribution in [2.75, 3.05) is 24.5 Å². The molecule has 3 atom stereocenters. The van der Waals surface area contributed by atoms with Gasteiger partial charge in [-0.05, 0) is 43.6 Å². The molecule has 2 saturated heterocycles. The summed E-state index contributed by atoms with van der Waals surface area (Å²) in [6, 6.07) is 2.38. The van der Waals surface area contributed by atoms with Crippen molar-refractivity contribution < 1.29 is 23.8 Å². The molecule has 1 aromatic carbocycles. The smallest absolute Gasteiger partial charge is 0.449 e. The number of amides is 1. The molecule has 1 aromatic heterocycles. The monoisotopic (exact) mass is 511 g/mol. The van der Waals surface area contributed by atoms with Crippen LogP contribution in [0.1, 0.15) is 51.1 Å². The minimum absolute atomic E-state index is 0.0114. The maximum absolute atomic E-state index is 15.7. The van der Waals surface area contributed by atoms with Crippen LogP contribution >= 0.6 is 0 Å². The molecule has 2 aromatic rings. The van der Waals surface area contributed by atoms with Gasteiger partial charge in [0, 0.05) is 25.7 Å². The van der Waals surface area contributed by atoms with E-state index >= 15 is 4.39 Å². The van der Waals surface area contributed by atoms with Gasteiger partial charge in [0.15, 0.2) is 5.75 Å². The second-order valence-electron chi connectivity index (χ2n) is 10.6. The maximum Gasteiger partial charge on any atom is 0.511 e. The summed E-state index contributed by atoms with van der Waals surface area (Å²) < 4.78 is 22.0. The zero-order chi connectivity index (χ0) is 26.6. The lowest BCUT2D eigenvalue weighted by atomic mass is 9.90. The Bertz CT molecular complexity index is 1380. The standard InChI is InChI=1S/C26H30FN5O5/c1-13(2)21(29)25(34)31-7-3-4-14-10-30(11-19(14)31)23-17(9-28)22-16(8-18(23)27)24(33)20(37-26(35)36)12-32(22)15-5-6-15/h8,12-15,19,21H,3-7,10-11,29H2,1-2H3,(H,35,36)/t14-,19+,21-/m0/s1. The third-order valence-corrected chi connectivity index (χ3v) is 7.84. The number of carbonyl (C=O) groups excluding carboxylic acids is 1. The molecule has 5 rings (SSSR count). The molecule has 0 unspecified atom stereocenters. The number of rotatable bonds is 5. The Morgan fingerprint density at radius 1 is 1.27 bits per heavy atom. The number of halogens is 1. The third kappa shape index (κ3) is 4.29. The van der Waals surface area contributed by atoms with Crippen LogP contribution in [-0.2, 0) is 4.79 Å². The molecule has 0 spiro atoms. The summed E-state index contributed by atoms with van der Waals surface area (Å²) in [5, 5.41) is 19.1. The van der Waals surface area contributed by atoms with Gasteiger partial charge in [-0.1, -0.05) is 13.8 Å². The Hall–Kier alpha value is -3.65. The summed E-state index contributed by atoms with van der Waals surface area (Å²) in [5.41, 5.74) is 5.78. The molecule has 0 bridgehead atoms. The summed E-state index contributed by atoms with van der Waals surface area (Å²) in [6.45, 7) is 5.22. The molecule has 1 saturated carbocycles. The van der Waals surface area contributed by atoms with E-state index in [1.54, 1.807) is 9.47 Å². The Balaban J connectivity index is 1.59. The van der Waals surface area contributed by atoms with E-state index in [1.165, 1.54) is 6.20 Å². The SMILES string of the molecule is CC(C)[C@H](N)C(=O)N1CCC[C@H]2CN(c3c(F)cc4c(=O)c(OC(=O)O)cn(C5CC5)c4c3C#N)C[C@H]21. The van der Waals surface area contributed by atoms with Gasteiger partial charge in [0.25, 0.3) is 0 Å². The van der Waals surface area contributed by atoms with E-state index in [9.17, 15) is 19.6 Å². The topological polar surface area (TPSA) is 142 Å². The Morgan fingerprint density at radius 3 is 2.62 bits per heavy atom. The van der Waals surface area contributed by atoms with Crippen molar-refractivity contribution in [2.24, 2.45) is 17.6 Å². The first kappa shape index (κ1) is 25.0. The lowest BCUT2D eigenvalue weighted by molar-refractivity contribution is -0.137. The van der Waals surface area contributed by atoms with Gasteiger partial charge in [0.2, 0.25) is 11.3 Å². The number of anilines is 1. The Morgan fingerprint density at radius 2 is 2.00 bits per heavy atom.